The number of methoxy groups -OCH3 is 1. The molecule has 1 N–H and O–H groups in total. The van der Waals surface area contributed by atoms with Crippen LogP contribution < -0.4 is 5.32 Å². The highest BCUT2D eigenvalue weighted by Gasteiger charge is 2.66. The van der Waals surface area contributed by atoms with Gasteiger partial charge < -0.3 is 4.74 Å². The maximum atomic E-state index is 14.3. The summed E-state index contributed by atoms with van der Waals surface area (Å²) in [7, 11) is 1.22. The van der Waals surface area contributed by atoms with Crippen LogP contribution in [0.2, 0.25) is 0 Å². The van der Waals surface area contributed by atoms with Crippen LogP contribution in [0, 0.1) is 17.7 Å². The number of carbonyl (C=O) groups is 3. The number of imide groups is 1. The zero-order chi connectivity index (χ0) is 17.6. The molecule has 24 heavy (non-hydrogen) atoms. The molecule has 0 saturated carbocycles. The number of halogens is 1. The number of rotatable bonds is 3. The first kappa shape index (κ1) is 16.6. The maximum Gasteiger partial charge on any atom is 0.326 e. The quantitative estimate of drug-likeness (QED) is 0.660. The lowest BCUT2D eigenvalue weighted by atomic mass is 9.80. The molecule has 0 bridgehead atoms. The number of esters is 1. The summed E-state index contributed by atoms with van der Waals surface area (Å²) in [6.45, 7) is 3.44. The monoisotopic (exact) mass is 334 g/mol. The number of hydrogen-bond donors (Lipinski definition) is 1. The maximum absolute atomic E-state index is 14.3. The zero-order valence-electron chi connectivity index (χ0n) is 13.7. The van der Waals surface area contributed by atoms with E-state index in [1.54, 1.807) is 25.1 Å². The summed E-state index contributed by atoms with van der Waals surface area (Å²) in [4.78, 5) is 38.9. The van der Waals surface area contributed by atoms with E-state index in [1.165, 1.54) is 20.1 Å². The number of nitrogens with one attached hydrogen (secondary N) is 1. The van der Waals surface area contributed by atoms with Crippen molar-refractivity contribution in [2.75, 3.05) is 13.7 Å². The fraction of sp³-hybridized carbons (Fsp3) is 0.471. The van der Waals surface area contributed by atoms with Gasteiger partial charge in [-0.1, -0.05) is 18.2 Å². The summed E-state index contributed by atoms with van der Waals surface area (Å²) in [6.07, 6.45) is 0. The van der Waals surface area contributed by atoms with Gasteiger partial charge in [0.25, 0.3) is 0 Å². The van der Waals surface area contributed by atoms with E-state index in [4.69, 9.17) is 4.74 Å². The molecule has 4 atom stereocenters. The molecule has 7 heteroatoms. The second-order valence-electron chi connectivity index (χ2n) is 6.26. The standard InChI is InChI=1S/C17H19FN2O4/c1-4-20-14(21)11-12(15(20)22)17(2,16(23)24-3)19-13(11)9-7-5-6-8-10(9)18/h5-8,11-13,19H,4H2,1-3H3/t11-,12+,13-,17-/m1/s1. The van der Waals surface area contributed by atoms with E-state index < -0.39 is 41.1 Å². The van der Waals surface area contributed by atoms with Gasteiger partial charge in [0.2, 0.25) is 11.8 Å². The predicted octanol–water partition coefficient (Wildman–Crippen LogP) is 1.02. The Labute approximate surface area is 139 Å². The van der Waals surface area contributed by atoms with Crippen LogP contribution in [0.15, 0.2) is 24.3 Å². The Balaban J connectivity index is 2.13. The van der Waals surface area contributed by atoms with Gasteiger partial charge in [-0.2, -0.15) is 0 Å². The van der Waals surface area contributed by atoms with E-state index in [9.17, 15) is 18.8 Å². The highest BCUT2D eigenvalue weighted by Crippen LogP contribution is 2.49. The molecule has 1 aromatic rings. The minimum atomic E-state index is -1.39. The van der Waals surface area contributed by atoms with Gasteiger partial charge in [0.1, 0.15) is 11.4 Å². The Kier molecular flexibility index (Phi) is 3.91. The lowest BCUT2D eigenvalue weighted by Crippen LogP contribution is -2.54. The Hall–Kier alpha value is -2.28. The van der Waals surface area contributed by atoms with Gasteiger partial charge in [0.05, 0.1) is 18.9 Å². The van der Waals surface area contributed by atoms with Gasteiger partial charge in [-0.05, 0) is 19.9 Å². The fourth-order valence-corrected chi connectivity index (χ4v) is 3.90. The summed E-state index contributed by atoms with van der Waals surface area (Å²) >= 11 is 0. The summed E-state index contributed by atoms with van der Waals surface area (Å²) in [5, 5.41) is 3.00. The molecular weight excluding hydrogens is 315 g/mol. The highest BCUT2D eigenvalue weighted by molar-refractivity contribution is 6.09. The zero-order valence-corrected chi connectivity index (χ0v) is 13.7. The van der Waals surface area contributed by atoms with E-state index in [2.05, 4.69) is 5.32 Å². The largest absolute Gasteiger partial charge is 0.468 e. The van der Waals surface area contributed by atoms with Gasteiger partial charge in [-0.25, -0.2) is 4.39 Å². The second kappa shape index (κ2) is 5.66. The molecule has 1 aromatic carbocycles. The van der Waals surface area contributed by atoms with Crippen LogP contribution in [-0.2, 0) is 19.1 Å². The molecular formula is C17H19FN2O4. The third-order valence-corrected chi connectivity index (χ3v) is 5.04. The minimum Gasteiger partial charge on any atom is -0.468 e. The third-order valence-electron chi connectivity index (χ3n) is 5.04. The van der Waals surface area contributed by atoms with Crippen LogP contribution in [0.4, 0.5) is 4.39 Å². The number of amides is 2. The van der Waals surface area contributed by atoms with Gasteiger partial charge >= 0.3 is 5.97 Å². The predicted molar refractivity (Wildman–Crippen MR) is 82.1 cm³/mol. The van der Waals surface area contributed by atoms with Crippen molar-refractivity contribution >= 4 is 17.8 Å². The van der Waals surface area contributed by atoms with Crippen LogP contribution >= 0.6 is 0 Å². The first-order valence-corrected chi connectivity index (χ1v) is 7.82. The number of hydrogen-bond acceptors (Lipinski definition) is 5. The average molecular weight is 334 g/mol. The van der Waals surface area contributed by atoms with Crippen molar-refractivity contribution in [3.05, 3.63) is 35.6 Å². The number of carbonyl (C=O) groups excluding carboxylic acids is 3. The SMILES string of the molecule is CCN1C(=O)[C@H]2[C@@H](c3ccccc3F)N[C@@](C)(C(=O)OC)[C@@H]2C1=O. The molecule has 2 amide bonds. The topological polar surface area (TPSA) is 75.7 Å². The van der Waals surface area contributed by atoms with Crippen molar-refractivity contribution in [2.45, 2.75) is 25.4 Å². The van der Waals surface area contributed by atoms with Crippen LogP contribution in [0.3, 0.4) is 0 Å². The van der Waals surface area contributed by atoms with E-state index in [0.29, 0.717) is 0 Å². The number of fused-ring (bicyclic) bond motifs is 1. The molecule has 128 valence electrons. The smallest absolute Gasteiger partial charge is 0.326 e. The lowest BCUT2D eigenvalue weighted by Gasteiger charge is -2.28. The Morgan fingerprint density at radius 2 is 2.00 bits per heavy atom. The molecule has 2 heterocycles. The molecule has 2 aliphatic heterocycles. The van der Waals surface area contributed by atoms with Crippen LogP contribution in [-0.4, -0.2) is 41.9 Å². The highest BCUT2D eigenvalue weighted by atomic mass is 19.1. The first-order chi connectivity index (χ1) is 11.4. The Morgan fingerprint density at radius 3 is 2.58 bits per heavy atom. The number of likely N-dealkylation sites (tertiary alicyclic amines) is 1. The molecule has 0 spiro atoms. The van der Waals surface area contributed by atoms with Crippen molar-refractivity contribution < 1.29 is 23.5 Å². The van der Waals surface area contributed by atoms with E-state index in [-0.39, 0.29) is 18.0 Å². The van der Waals surface area contributed by atoms with Crippen molar-refractivity contribution in [1.82, 2.24) is 10.2 Å². The first-order valence-electron chi connectivity index (χ1n) is 7.82. The van der Waals surface area contributed by atoms with Crippen LogP contribution in [0.1, 0.15) is 25.5 Å². The van der Waals surface area contributed by atoms with Gasteiger partial charge in [-0.15, -0.1) is 0 Å². The number of ether oxygens (including phenoxy) is 1. The summed E-state index contributed by atoms with van der Waals surface area (Å²) < 4.78 is 19.1. The van der Waals surface area contributed by atoms with Crippen molar-refractivity contribution in [1.29, 1.82) is 0 Å². The summed E-state index contributed by atoms with van der Waals surface area (Å²) in [6, 6.07) is 5.28. The average Bonchev–Trinajstić information content (AvgIpc) is 3.02. The number of benzene rings is 1. The normalized spacial score (nSPS) is 32.2. The Bertz CT molecular complexity index is 722. The summed E-state index contributed by atoms with van der Waals surface area (Å²) in [5.41, 5.74) is -1.12. The van der Waals surface area contributed by atoms with E-state index in [1.807, 2.05) is 0 Å². The van der Waals surface area contributed by atoms with E-state index >= 15 is 0 Å². The molecule has 6 nitrogen and oxygen atoms in total. The second-order valence-corrected chi connectivity index (χ2v) is 6.26. The van der Waals surface area contributed by atoms with Crippen LogP contribution in [0.25, 0.3) is 0 Å². The van der Waals surface area contributed by atoms with Crippen molar-refractivity contribution in [3.8, 4) is 0 Å². The van der Waals surface area contributed by atoms with Crippen molar-refractivity contribution in [3.63, 3.8) is 0 Å². The number of nitrogens with zero attached hydrogens (tertiary/aromatic N) is 1. The fourth-order valence-electron chi connectivity index (χ4n) is 3.90. The molecule has 3 rings (SSSR count). The van der Waals surface area contributed by atoms with Gasteiger partial charge in [0, 0.05) is 18.2 Å². The van der Waals surface area contributed by atoms with E-state index in [0.717, 1.165) is 4.90 Å². The summed E-state index contributed by atoms with van der Waals surface area (Å²) in [5.74, 6) is -3.69. The lowest BCUT2D eigenvalue weighted by molar-refractivity contribution is -0.153. The van der Waals surface area contributed by atoms with Crippen LogP contribution in [0.5, 0.6) is 0 Å². The van der Waals surface area contributed by atoms with Gasteiger partial charge in [0.15, 0.2) is 0 Å². The Morgan fingerprint density at radius 1 is 1.33 bits per heavy atom. The molecule has 2 fully saturated rings. The van der Waals surface area contributed by atoms with Gasteiger partial charge in [-0.3, -0.25) is 24.6 Å². The molecule has 0 aromatic heterocycles. The molecule has 2 saturated heterocycles. The molecule has 2 aliphatic rings. The third kappa shape index (κ3) is 2.07. The molecule has 0 aliphatic carbocycles. The molecule has 0 radical (unpaired) electrons. The molecule has 0 unspecified atom stereocenters. The van der Waals surface area contributed by atoms with Crippen molar-refractivity contribution in [2.24, 2.45) is 11.8 Å². The minimum absolute atomic E-state index is 0.214.